The molecule has 28 heavy (non-hydrogen) atoms. The number of aromatic nitrogens is 1. The number of rotatable bonds is 6. The second-order valence-electron chi connectivity index (χ2n) is 6.32. The van der Waals surface area contributed by atoms with Crippen LogP contribution in [0, 0.1) is 5.92 Å². The SMILES string of the molecule is CCOC(=O)C1CCN(C(=NC)NCc2ccc(OCC(F)(F)F)nc2)CC1. The first-order chi connectivity index (χ1) is 13.3. The first-order valence-corrected chi connectivity index (χ1v) is 9.09. The molecule has 156 valence electrons. The maximum atomic E-state index is 12.1. The topological polar surface area (TPSA) is 76.0 Å². The van der Waals surface area contributed by atoms with Gasteiger partial charge in [0.25, 0.3) is 0 Å². The Morgan fingerprint density at radius 3 is 2.61 bits per heavy atom. The highest BCUT2D eigenvalue weighted by Crippen LogP contribution is 2.19. The molecule has 1 aliphatic rings. The van der Waals surface area contributed by atoms with E-state index in [1.54, 1.807) is 20.0 Å². The second kappa shape index (κ2) is 10.1. The zero-order valence-corrected chi connectivity index (χ0v) is 16.0. The van der Waals surface area contributed by atoms with Gasteiger partial charge in [0, 0.05) is 38.9 Å². The van der Waals surface area contributed by atoms with Crippen LogP contribution < -0.4 is 10.1 Å². The highest BCUT2D eigenvalue weighted by Gasteiger charge is 2.29. The van der Waals surface area contributed by atoms with E-state index in [-0.39, 0.29) is 17.8 Å². The Kier molecular flexibility index (Phi) is 7.89. The number of guanidine groups is 1. The van der Waals surface area contributed by atoms with Crippen LogP contribution in [0.1, 0.15) is 25.3 Å². The number of hydrogen-bond acceptors (Lipinski definition) is 5. The van der Waals surface area contributed by atoms with Crippen LogP contribution in [-0.2, 0) is 16.1 Å². The molecular formula is C18H25F3N4O3. The number of likely N-dealkylation sites (tertiary alicyclic amines) is 1. The van der Waals surface area contributed by atoms with Crippen molar-refractivity contribution >= 4 is 11.9 Å². The first-order valence-electron chi connectivity index (χ1n) is 9.09. The zero-order valence-electron chi connectivity index (χ0n) is 16.0. The molecule has 0 spiro atoms. The minimum absolute atomic E-state index is 0.0773. The van der Waals surface area contributed by atoms with Crippen molar-refractivity contribution in [1.29, 1.82) is 0 Å². The lowest BCUT2D eigenvalue weighted by Gasteiger charge is -2.33. The van der Waals surface area contributed by atoms with Crippen molar-refractivity contribution in [2.24, 2.45) is 10.9 Å². The first kappa shape index (κ1) is 21.8. The van der Waals surface area contributed by atoms with Gasteiger partial charge in [-0.1, -0.05) is 6.07 Å². The molecule has 1 saturated heterocycles. The normalized spacial score (nSPS) is 16.0. The molecule has 0 atom stereocenters. The average Bonchev–Trinajstić information content (AvgIpc) is 2.68. The summed E-state index contributed by atoms with van der Waals surface area (Å²) in [7, 11) is 1.67. The van der Waals surface area contributed by atoms with Crippen LogP contribution in [0.2, 0.25) is 0 Å². The van der Waals surface area contributed by atoms with Gasteiger partial charge in [0.05, 0.1) is 12.5 Å². The van der Waals surface area contributed by atoms with Crippen LogP contribution in [-0.4, -0.2) is 61.3 Å². The molecule has 10 heteroatoms. The van der Waals surface area contributed by atoms with E-state index in [4.69, 9.17) is 4.74 Å². The van der Waals surface area contributed by atoms with Crippen molar-refractivity contribution in [2.45, 2.75) is 32.5 Å². The number of pyridine rings is 1. The quantitative estimate of drug-likeness (QED) is 0.447. The van der Waals surface area contributed by atoms with Gasteiger partial charge < -0.3 is 19.7 Å². The van der Waals surface area contributed by atoms with Crippen molar-refractivity contribution < 1.29 is 27.4 Å². The molecule has 2 heterocycles. The smallest absolute Gasteiger partial charge is 0.422 e. The molecule has 0 saturated carbocycles. The number of carbonyl (C=O) groups is 1. The Labute approximate surface area is 161 Å². The Hall–Kier alpha value is -2.52. The molecule has 1 N–H and O–H groups in total. The van der Waals surface area contributed by atoms with Gasteiger partial charge in [0.15, 0.2) is 12.6 Å². The van der Waals surface area contributed by atoms with E-state index < -0.39 is 12.8 Å². The van der Waals surface area contributed by atoms with Crippen LogP contribution in [0.15, 0.2) is 23.3 Å². The van der Waals surface area contributed by atoms with E-state index in [1.807, 2.05) is 0 Å². The predicted octanol–water partition coefficient (Wildman–Crippen LogP) is 2.37. The van der Waals surface area contributed by atoms with E-state index in [0.717, 1.165) is 5.56 Å². The summed E-state index contributed by atoms with van der Waals surface area (Å²) in [6.07, 6.45) is -1.53. The van der Waals surface area contributed by atoms with Gasteiger partial charge in [-0.05, 0) is 25.3 Å². The summed E-state index contributed by atoms with van der Waals surface area (Å²) in [6, 6.07) is 3.04. The van der Waals surface area contributed by atoms with Crippen molar-refractivity contribution in [3.8, 4) is 5.88 Å². The number of piperidine rings is 1. The monoisotopic (exact) mass is 402 g/mol. The van der Waals surface area contributed by atoms with Crippen LogP contribution in [0.4, 0.5) is 13.2 Å². The van der Waals surface area contributed by atoms with E-state index in [2.05, 4.69) is 24.9 Å². The lowest BCUT2D eigenvalue weighted by atomic mass is 9.97. The number of nitrogens with one attached hydrogen (secondary N) is 1. The Balaban J connectivity index is 1.80. The highest BCUT2D eigenvalue weighted by molar-refractivity contribution is 5.80. The number of aliphatic imine (C=N–C) groups is 1. The van der Waals surface area contributed by atoms with E-state index in [1.165, 1.54) is 12.3 Å². The fourth-order valence-corrected chi connectivity index (χ4v) is 2.86. The molecule has 2 rings (SSSR count). The van der Waals surface area contributed by atoms with Crippen molar-refractivity contribution in [2.75, 3.05) is 33.4 Å². The van der Waals surface area contributed by atoms with Gasteiger partial charge >= 0.3 is 12.1 Å². The molecule has 0 radical (unpaired) electrons. The number of hydrogen-bond donors (Lipinski definition) is 1. The molecule has 0 bridgehead atoms. The molecule has 1 aromatic rings. The average molecular weight is 402 g/mol. The molecule has 1 fully saturated rings. The van der Waals surface area contributed by atoms with Gasteiger partial charge in [-0.2, -0.15) is 13.2 Å². The number of alkyl halides is 3. The summed E-state index contributed by atoms with van der Waals surface area (Å²) in [5.41, 5.74) is 0.780. The lowest BCUT2D eigenvalue weighted by Crippen LogP contribution is -2.46. The minimum atomic E-state index is -4.39. The minimum Gasteiger partial charge on any atom is -0.468 e. The Morgan fingerprint density at radius 1 is 1.36 bits per heavy atom. The number of halogens is 3. The van der Waals surface area contributed by atoms with Gasteiger partial charge in [-0.25, -0.2) is 4.98 Å². The fourth-order valence-electron chi connectivity index (χ4n) is 2.86. The summed E-state index contributed by atoms with van der Waals surface area (Å²) >= 11 is 0. The molecule has 0 aromatic carbocycles. The summed E-state index contributed by atoms with van der Waals surface area (Å²) in [5, 5.41) is 3.20. The van der Waals surface area contributed by atoms with Gasteiger partial charge in [0.1, 0.15) is 0 Å². The molecule has 0 aliphatic carbocycles. The number of carbonyl (C=O) groups excluding carboxylic acids is 1. The van der Waals surface area contributed by atoms with E-state index >= 15 is 0 Å². The molecule has 1 aromatic heterocycles. The third-order valence-electron chi connectivity index (χ3n) is 4.26. The third-order valence-corrected chi connectivity index (χ3v) is 4.26. The van der Waals surface area contributed by atoms with Crippen molar-refractivity contribution in [1.82, 2.24) is 15.2 Å². The van der Waals surface area contributed by atoms with Crippen LogP contribution in [0.25, 0.3) is 0 Å². The number of ether oxygens (including phenoxy) is 2. The fraction of sp³-hybridized carbons (Fsp3) is 0.611. The van der Waals surface area contributed by atoms with Crippen molar-refractivity contribution in [3.63, 3.8) is 0 Å². The van der Waals surface area contributed by atoms with Gasteiger partial charge in [-0.15, -0.1) is 0 Å². The Morgan fingerprint density at radius 2 is 2.07 bits per heavy atom. The zero-order chi connectivity index (χ0) is 20.6. The second-order valence-corrected chi connectivity index (χ2v) is 6.32. The summed E-state index contributed by atoms with van der Waals surface area (Å²) in [6.45, 7) is 2.60. The van der Waals surface area contributed by atoms with Gasteiger partial charge in [-0.3, -0.25) is 9.79 Å². The van der Waals surface area contributed by atoms with Crippen molar-refractivity contribution in [3.05, 3.63) is 23.9 Å². The highest BCUT2D eigenvalue weighted by atomic mass is 19.4. The maximum Gasteiger partial charge on any atom is 0.422 e. The lowest BCUT2D eigenvalue weighted by molar-refractivity contribution is -0.154. The maximum absolute atomic E-state index is 12.1. The largest absolute Gasteiger partial charge is 0.468 e. The van der Waals surface area contributed by atoms with Crippen LogP contribution in [0.3, 0.4) is 0 Å². The van der Waals surface area contributed by atoms with E-state index in [0.29, 0.717) is 45.0 Å². The summed E-state index contributed by atoms with van der Waals surface area (Å²) in [4.78, 5) is 22.0. The summed E-state index contributed by atoms with van der Waals surface area (Å²) in [5.74, 6) is 0.387. The molecule has 0 amide bonds. The third kappa shape index (κ3) is 6.90. The van der Waals surface area contributed by atoms with Crippen LogP contribution >= 0.6 is 0 Å². The van der Waals surface area contributed by atoms with Crippen LogP contribution in [0.5, 0.6) is 5.88 Å². The molecule has 0 unspecified atom stereocenters. The van der Waals surface area contributed by atoms with E-state index in [9.17, 15) is 18.0 Å². The molecular weight excluding hydrogens is 377 g/mol. The number of esters is 1. The van der Waals surface area contributed by atoms with Gasteiger partial charge in [0.2, 0.25) is 5.88 Å². The summed E-state index contributed by atoms with van der Waals surface area (Å²) < 4.78 is 46.1. The Bertz CT molecular complexity index is 657. The number of nitrogens with zero attached hydrogens (tertiary/aromatic N) is 3. The molecule has 7 nitrogen and oxygen atoms in total. The molecule has 1 aliphatic heterocycles. The standard InChI is InChI=1S/C18H25F3N4O3/c1-3-27-16(26)14-6-8-25(9-7-14)17(22-2)24-11-13-4-5-15(23-10-13)28-12-18(19,20)21/h4-5,10,14H,3,6-9,11-12H2,1-2H3,(H,22,24). The predicted molar refractivity (Wildman–Crippen MR) is 96.9 cm³/mol.